The molecule has 0 aliphatic rings. The SMILES string of the molecule is Cc1ccc(N=Cc2cccc(OCC(=O)Nc3ccc(C)c(Cl)c3)c2)cc1C. The van der Waals surface area contributed by atoms with E-state index in [0.29, 0.717) is 16.5 Å². The van der Waals surface area contributed by atoms with Crippen LogP contribution in [0.2, 0.25) is 5.02 Å². The summed E-state index contributed by atoms with van der Waals surface area (Å²) in [5.74, 6) is 0.352. The Morgan fingerprint density at radius 3 is 2.55 bits per heavy atom. The Morgan fingerprint density at radius 2 is 1.79 bits per heavy atom. The number of carbonyl (C=O) groups is 1. The molecule has 3 aromatic carbocycles. The molecule has 0 fully saturated rings. The van der Waals surface area contributed by atoms with E-state index >= 15 is 0 Å². The van der Waals surface area contributed by atoms with Crippen molar-refractivity contribution in [1.29, 1.82) is 0 Å². The molecule has 3 rings (SSSR count). The van der Waals surface area contributed by atoms with Crippen molar-refractivity contribution in [1.82, 2.24) is 0 Å². The zero-order chi connectivity index (χ0) is 20.8. The molecule has 148 valence electrons. The molecule has 1 amide bonds. The molecule has 5 heteroatoms. The van der Waals surface area contributed by atoms with Crippen LogP contribution in [0.25, 0.3) is 0 Å². The van der Waals surface area contributed by atoms with E-state index in [-0.39, 0.29) is 12.5 Å². The molecule has 1 N–H and O–H groups in total. The van der Waals surface area contributed by atoms with Crippen LogP contribution in [0.1, 0.15) is 22.3 Å². The number of ether oxygens (including phenoxy) is 1. The highest BCUT2D eigenvalue weighted by Gasteiger charge is 2.06. The third-order valence-electron chi connectivity index (χ3n) is 4.54. The minimum atomic E-state index is -0.251. The Hall–Kier alpha value is -3.11. The maximum atomic E-state index is 12.1. The quantitative estimate of drug-likeness (QED) is 0.508. The Morgan fingerprint density at radius 1 is 1.00 bits per heavy atom. The number of anilines is 1. The summed E-state index contributed by atoms with van der Waals surface area (Å²) >= 11 is 6.08. The Labute approximate surface area is 176 Å². The highest BCUT2D eigenvalue weighted by Crippen LogP contribution is 2.20. The number of hydrogen-bond acceptors (Lipinski definition) is 3. The fourth-order valence-electron chi connectivity index (χ4n) is 2.66. The van der Waals surface area contributed by atoms with Gasteiger partial charge in [0, 0.05) is 16.9 Å². The lowest BCUT2D eigenvalue weighted by atomic mass is 10.1. The van der Waals surface area contributed by atoms with Gasteiger partial charge in [-0.25, -0.2) is 0 Å². The van der Waals surface area contributed by atoms with Crippen LogP contribution in [-0.2, 0) is 4.79 Å². The van der Waals surface area contributed by atoms with Crippen molar-refractivity contribution in [2.45, 2.75) is 20.8 Å². The molecule has 0 radical (unpaired) electrons. The third-order valence-corrected chi connectivity index (χ3v) is 4.94. The molecule has 0 atom stereocenters. The molecule has 0 spiro atoms. The van der Waals surface area contributed by atoms with Crippen molar-refractivity contribution in [2.24, 2.45) is 4.99 Å². The summed E-state index contributed by atoms with van der Waals surface area (Å²) in [5, 5.41) is 3.39. The van der Waals surface area contributed by atoms with Crippen LogP contribution in [0.4, 0.5) is 11.4 Å². The first kappa shape index (κ1) is 20.6. The first-order valence-electron chi connectivity index (χ1n) is 9.31. The standard InChI is InChI=1S/C24H23ClN2O2/c1-16-7-9-20(11-18(16)3)26-14-19-5-4-6-22(12-19)29-15-24(28)27-21-10-8-17(2)23(25)13-21/h4-14H,15H2,1-3H3,(H,27,28). The van der Waals surface area contributed by atoms with Crippen LogP contribution in [0.15, 0.2) is 65.7 Å². The molecule has 3 aromatic rings. The number of rotatable bonds is 6. The topological polar surface area (TPSA) is 50.7 Å². The van der Waals surface area contributed by atoms with Gasteiger partial charge in [0.2, 0.25) is 0 Å². The van der Waals surface area contributed by atoms with Crippen LogP contribution >= 0.6 is 11.6 Å². The fourth-order valence-corrected chi connectivity index (χ4v) is 2.84. The number of carbonyl (C=O) groups excluding carboxylic acids is 1. The second-order valence-electron chi connectivity index (χ2n) is 6.90. The third kappa shape index (κ3) is 5.93. The predicted molar refractivity (Wildman–Crippen MR) is 120 cm³/mol. The van der Waals surface area contributed by atoms with E-state index in [1.165, 1.54) is 11.1 Å². The number of aliphatic imine (C=N–C) groups is 1. The molecular formula is C24H23ClN2O2. The molecule has 0 bridgehead atoms. The summed E-state index contributed by atoms with van der Waals surface area (Å²) in [4.78, 5) is 16.6. The van der Waals surface area contributed by atoms with Gasteiger partial charge in [-0.2, -0.15) is 0 Å². The van der Waals surface area contributed by atoms with E-state index in [2.05, 4.69) is 30.2 Å². The summed E-state index contributed by atoms with van der Waals surface area (Å²) in [6.07, 6.45) is 1.78. The molecular weight excluding hydrogens is 384 g/mol. The van der Waals surface area contributed by atoms with Crippen LogP contribution in [0.5, 0.6) is 5.75 Å². The number of benzene rings is 3. The number of aryl methyl sites for hydroxylation is 3. The van der Waals surface area contributed by atoms with Crippen LogP contribution in [0, 0.1) is 20.8 Å². The molecule has 0 aromatic heterocycles. The first-order valence-corrected chi connectivity index (χ1v) is 9.69. The summed E-state index contributed by atoms with van der Waals surface area (Å²) in [5.41, 5.74) is 5.84. The van der Waals surface area contributed by atoms with Gasteiger partial charge in [-0.1, -0.05) is 35.9 Å². The highest BCUT2D eigenvalue weighted by molar-refractivity contribution is 6.31. The number of hydrogen-bond donors (Lipinski definition) is 1. The second kappa shape index (κ2) is 9.39. The van der Waals surface area contributed by atoms with Crippen molar-refractivity contribution < 1.29 is 9.53 Å². The Kier molecular flexibility index (Phi) is 6.68. The lowest BCUT2D eigenvalue weighted by Gasteiger charge is -2.09. The summed E-state index contributed by atoms with van der Waals surface area (Å²) in [6, 6.07) is 18.9. The number of amides is 1. The van der Waals surface area contributed by atoms with E-state index in [1.54, 1.807) is 12.3 Å². The lowest BCUT2D eigenvalue weighted by molar-refractivity contribution is -0.118. The van der Waals surface area contributed by atoms with Crippen LogP contribution in [0.3, 0.4) is 0 Å². The molecule has 0 saturated heterocycles. The van der Waals surface area contributed by atoms with Gasteiger partial charge < -0.3 is 10.1 Å². The number of nitrogens with one attached hydrogen (secondary N) is 1. The van der Waals surface area contributed by atoms with Gasteiger partial charge in [-0.3, -0.25) is 9.79 Å². The number of nitrogens with zero attached hydrogens (tertiary/aromatic N) is 1. The predicted octanol–water partition coefficient (Wildman–Crippen LogP) is 6.03. The van der Waals surface area contributed by atoms with Crippen molar-refractivity contribution in [3.8, 4) is 5.75 Å². The molecule has 29 heavy (non-hydrogen) atoms. The van der Waals surface area contributed by atoms with Gasteiger partial charge >= 0.3 is 0 Å². The van der Waals surface area contributed by atoms with E-state index in [1.807, 2.05) is 55.5 Å². The van der Waals surface area contributed by atoms with E-state index in [0.717, 1.165) is 16.8 Å². The van der Waals surface area contributed by atoms with Gasteiger partial charge in [-0.15, -0.1) is 0 Å². The van der Waals surface area contributed by atoms with E-state index < -0.39 is 0 Å². The van der Waals surface area contributed by atoms with Crippen molar-refractivity contribution in [3.63, 3.8) is 0 Å². The maximum Gasteiger partial charge on any atom is 0.262 e. The van der Waals surface area contributed by atoms with Crippen LogP contribution < -0.4 is 10.1 Å². The fraction of sp³-hybridized carbons (Fsp3) is 0.167. The zero-order valence-corrected chi connectivity index (χ0v) is 17.5. The van der Waals surface area contributed by atoms with Gasteiger partial charge in [0.25, 0.3) is 5.91 Å². The first-order chi connectivity index (χ1) is 13.9. The van der Waals surface area contributed by atoms with Gasteiger partial charge in [0.15, 0.2) is 6.61 Å². The summed E-state index contributed by atoms with van der Waals surface area (Å²) < 4.78 is 5.61. The monoisotopic (exact) mass is 406 g/mol. The Bertz CT molecular complexity index is 1060. The van der Waals surface area contributed by atoms with Gasteiger partial charge in [0.05, 0.1) is 5.69 Å². The average Bonchev–Trinajstić information content (AvgIpc) is 2.70. The summed E-state index contributed by atoms with van der Waals surface area (Å²) in [6.45, 7) is 5.96. The minimum absolute atomic E-state index is 0.0940. The van der Waals surface area contributed by atoms with E-state index in [9.17, 15) is 4.79 Å². The van der Waals surface area contributed by atoms with Crippen molar-refractivity contribution in [3.05, 3.63) is 87.9 Å². The molecule has 4 nitrogen and oxygen atoms in total. The second-order valence-corrected chi connectivity index (χ2v) is 7.31. The highest BCUT2D eigenvalue weighted by atomic mass is 35.5. The Balaban J connectivity index is 1.59. The smallest absolute Gasteiger partial charge is 0.262 e. The molecule has 0 heterocycles. The van der Waals surface area contributed by atoms with E-state index in [4.69, 9.17) is 16.3 Å². The normalized spacial score (nSPS) is 10.9. The zero-order valence-electron chi connectivity index (χ0n) is 16.7. The minimum Gasteiger partial charge on any atom is -0.484 e. The molecule has 0 aliphatic carbocycles. The summed E-state index contributed by atoms with van der Waals surface area (Å²) in [7, 11) is 0. The largest absolute Gasteiger partial charge is 0.484 e. The van der Waals surface area contributed by atoms with Crippen LogP contribution in [-0.4, -0.2) is 18.7 Å². The molecule has 0 unspecified atom stereocenters. The van der Waals surface area contributed by atoms with Crippen molar-refractivity contribution in [2.75, 3.05) is 11.9 Å². The molecule has 0 aliphatic heterocycles. The average molecular weight is 407 g/mol. The maximum absolute atomic E-state index is 12.1. The van der Waals surface area contributed by atoms with Gasteiger partial charge in [0.1, 0.15) is 5.75 Å². The van der Waals surface area contributed by atoms with Gasteiger partial charge in [-0.05, 0) is 79.4 Å². The van der Waals surface area contributed by atoms with Crippen molar-refractivity contribution >= 4 is 35.1 Å². The lowest BCUT2D eigenvalue weighted by Crippen LogP contribution is -2.20. The molecule has 0 saturated carbocycles. The number of halogens is 1.